The zero-order valence-electron chi connectivity index (χ0n) is 13.1. The summed E-state index contributed by atoms with van der Waals surface area (Å²) >= 11 is 5.96. The summed E-state index contributed by atoms with van der Waals surface area (Å²) in [4.78, 5) is 14.3. The molecule has 0 aromatic heterocycles. The van der Waals surface area contributed by atoms with Crippen LogP contribution in [0.1, 0.15) is 16.7 Å². The molecule has 0 radical (unpaired) electrons. The highest BCUT2D eigenvalue weighted by Crippen LogP contribution is 2.17. The lowest BCUT2D eigenvalue weighted by Crippen LogP contribution is -2.40. The minimum Gasteiger partial charge on any atom is -0.355 e. The highest BCUT2D eigenvalue weighted by atomic mass is 35.5. The number of fused-ring (bicyclic) bond motifs is 1. The van der Waals surface area contributed by atoms with Gasteiger partial charge < -0.3 is 5.32 Å². The number of halogens is 1. The average molecular weight is 329 g/mol. The fraction of sp³-hybridized carbons (Fsp3) is 0.316. The van der Waals surface area contributed by atoms with E-state index in [0.29, 0.717) is 13.1 Å². The molecule has 0 spiro atoms. The molecule has 0 bridgehead atoms. The van der Waals surface area contributed by atoms with Crippen LogP contribution in [-0.4, -0.2) is 30.4 Å². The second-order valence-electron chi connectivity index (χ2n) is 5.96. The first kappa shape index (κ1) is 16.0. The van der Waals surface area contributed by atoms with Gasteiger partial charge in [-0.25, -0.2) is 0 Å². The van der Waals surface area contributed by atoms with Crippen molar-refractivity contribution in [2.75, 3.05) is 19.6 Å². The second-order valence-corrected chi connectivity index (χ2v) is 6.40. The predicted octanol–water partition coefficient (Wildman–Crippen LogP) is 3.06. The second kappa shape index (κ2) is 7.62. The van der Waals surface area contributed by atoms with Gasteiger partial charge in [-0.05, 0) is 41.7 Å². The number of hydrogen-bond acceptors (Lipinski definition) is 2. The molecule has 2 aromatic carbocycles. The van der Waals surface area contributed by atoms with Gasteiger partial charge in [0.15, 0.2) is 0 Å². The molecule has 0 unspecified atom stereocenters. The van der Waals surface area contributed by atoms with Crippen molar-refractivity contribution in [2.24, 2.45) is 0 Å². The third kappa shape index (κ3) is 4.57. The number of carbonyl (C=O) groups is 1. The van der Waals surface area contributed by atoms with Gasteiger partial charge in [0.05, 0.1) is 6.54 Å². The minimum absolute atomic E-state index is 0.0893. The van der Waals surface area contributed by atoms with E-state index >= 15 is 0 Å². The largest absolute Gasteiger partial charge is 0.355 e. The number of nitrogens with zero attached hydrogens (tertiary/aromatic N) is 1. The molecule has 4 heteroatoms. The maximum Gasteiger partial charge on any atom is 0.234 e. The number of nitrogens with one attached hydrogen (secondary N) is 1. The van der Waals surface area contributed by atoms with Crippen molar-refractivity contribution in [2.45, 2.75) is 19.4 Å². The van der Waals surface area contributed by atoms with Crippen LogP contribution in [0.25, 0.3) is 0 Å². The fourth-order valence-electron chi connectivity index (χ4n) is 2.99. The lowest BCUT2D eigenvalue weighted by atomic mass is 10.00. The van der Waals surface area contributed by atoms with Crippen LogP contribution in [0.15, 0.2) is 48.5 Å². The third-order valence-electron chi connectivity index (χ3n) is 4.20. The molecule has 1 heterocycles. The van der Waals surface area contributed by atoms with E-state index in [9.17, 15) is 4.79 Å². The van der Waals surface area contributed by atoms with Crippen LogP contribution in [0, 0.1) is 0 Å². The fourth-order valence-corrected chi connectivity index (χ4v) is 3.20. The Balaban J connectivity index is 1.43. The molecule has 0 saturated carbocycles. The smallest absolute Gasteiger partial charge is 0.234 e. The Morgan fingerprint density at radius 2 is 1.96 bits per heavy atom. The molecule has 1 aliphatic rings. The van der Waals surface area contributed by atoms with Gasteiger partial charge in [-0.3, -0.25) is 9.69 Å². The Labute approximate surface area is 142 Å². The Morgan fingerprint density at radius 3 is 2.78 bits per heavy atom. The van der Waals surface area contributed by atoms with Gasteiger partial charge in [0.2, 0.25) is 5.91 Å². The zero-order valence-corrected chi connectivity index (χ0v) is 13.9. The number of hydrogen-bond donors (Lipinski definition) is 1. The number of rotatable bonds is 5. The lowest BCUT2D eigenvalue weighted by molar-refractivity contribution is -0.122. The van der Waals surface area contributed by atoms with Crippen molar-refractivity contribution in [3.63, 3.8) is 0 Å². The summed E-state index contributed by atoms with van der Waals surface area (Å²) in [6.07, 6.45) is 1.82. The number of carbonyl (C=O) groups excluding carboxylic acids is 1. The summed E-state index contributed by atoms with van der Waals surface area (Å²) in [5.41, 5.74) is 3.89. The normalized spacial score (nSPS) is 14.3. The maximum absolute atomic E-state index is 12.1. The van der Waals surface area contributed by atoms with E-state index in [2.05, 4.69) is 34.5 Å². The molecule has 0 aliphatic carbocycles. The summed E-state index contributed by atoms with van der Waals surface area (Å²) < 4.78 is 0. The molecular formula is C19H21ClN2O. The molecule has 120 valence electrons. The number of amides is 1. The number of benzene rings is 2. The molecule has 3 nitrogen and oxygen atoms in total. The molecular weight excluding hydrogens is 308 g/mol. The van der Waals surface area contributed by atoms with E-state index < -0.39 is 0 Å². The molecule has 3 rings (SSSR count). The van der Waals surface area contributed by atoms with E-state index in [1.807, 2.05) is 24.3 Å². The molecule has 0 fully saturated rings. The van der Waals surface area contributed by atoms with Crippen LogP contribution in [0.4, 0.5) is 0 Å². The van der Waals surface area contributed by atoms with Crippen molar-refractivity contribution < 1.29 is 4.79 Å². The summed E-state index contributed by atoms with van der Waals surface area (Å²) in [6.45, 7) is 2.91. The van der Waals surface area contributed by atoms with E-state index in [4.69, 9.17) is 11.6 Å². The van der Waals surface area contributed by atoms with Gasteiger partial charge in [-0.2, -0.15) is 0 Å². The Morgan fingerprint density at radius 1 is 1.13 bits per heavy atom. The van der Waals surface area contributed by atoms with Crippen molar-refractivity contribution in [1.29, 1.82) is 0 Å². The van der Waals surface area contributed by atoms with Crippen LogP contribution in [0.3, 0.4) is 0 Å². The molecule has 23 heavy (non-hydrogen) atoms. The summed E-state index contributed by atoms with van der Waals surface area (Å²) in [7, 11) is 0. The first-order valence-electron chi connectivity index (χ1n) is 8.01. The Bertz CT molecular complexity index is 687. The molecule has 1 N–H and O–H groups in total. The van der Waals surface area contributed by atoms with Gasteiger partial charge in [0, 0.05) is 24.7 Å². The van der Waals surface area contributed by atoms with Gasteiger partial charge >= 0.3 is 0 Å². The van der Waals surface area contributed by atoms with Crippen LogP contribution in [0.2, 0.25) is 5.02 Å². The SMILES string of the molecule is O=C(CN1CCc2ccccc2C1)NCCc1cccc(Cl)c1. The lowest BCUT2D eigenvalue weighted by Gasteiger charge is -2.28. The Hall–Kier alpha value is -1.84. The van der Waals surface area contributed by atoms with Gasteiger partial charge in [0.25, 0.3) is 0 Å². The van der Waals surface area contributed by atoms with Crippen molar-refractivity contribution in [3.05, 3.63) is 70.2 Å². The van der Waals surface area contributed by atoms with Crippen molar-refractivity contribution in [1.82, 2.24) is 10.2 Å². The zero-order chi connectivity index (χ0) is 16.1. The third-order valence-corrected chi connectivity index (χ3v) is 4.44. The summed E-state index contributed by atoms with van der Waals surface area (Å²) in [5.74, 6) is 0.0893. The van der Waals surface area contributed by atoms with Crippen LogP contribution >= 0.6 is 11.6 Å². The molecule has 1 amide bonds. The molecule has 2 aromatic rings. The maximum atomic E-state index is 12.1. The van der Waals surface area contributed by atoms with Crippen LogP contribution in [0.5, 0.6) is 0 Å². The quantitative estimate of drug-likeness (QED) is 0.915. The van der Waals surface area contributed by atoms with Gasteiger partial charge in [-0.1, -0.05) is 48.0 Å². The summed E-state index contributed by atoms with van der Waals surface area (Å²) in [6, 6.07) is 16.2. The van der Waals surface area contributed by atoms with Crippen LogP contribution in [-0.2, 0) is 24.2 Å². The van der Waals surface area contributed by atoms with E-state index in [-0.39, 0.29) is 5.91 Å². The molecule has 1 aliphatic heterocycles. The standard InChI is InChI=1S/C19H21ClN2O/c20-18-7-3-4-15(12-18)8-10-21-19(23)14-22-11-9-16-5-1-2-6-17(16)13-22/h1-7,12H,8-11,13-14H2,(H,21,23). The van der Waals surface area contributed by atoms with Crippen molar-refractivity contribution in [3.8, 4) is 0 Å². The highest BCUT2D eigenvalue weighted by molar-refractivity contribution is 6.30. The monoisotopic (exact) mass is 328 g/mol. The molecule has 0 saturated heterocycles. The topological polar surface area (TPSA) is 32.3 Å². The highest BCUT2D eigenvalue weighted by Gasteiger charge is 2.17. The Kier molecular flexibility index (Phi) is 5.31. The van der Waals surface area contributed by atoms with E-state index in [0.717, 1.165) is 36.5 Å². The van der Waals surface area contributed by atoms with E-state index in [1.54, 1.807) is 0 Å². The van der Waals surface area contributed by atoms with Gasteiger partial charge in [0.1, 0.15) is 0 Å². The van der Waals surface area contributed by atoms with Crippen LogP contribution < -0.4 is 5.32 Å². The first-order valence-corrected chi connectivity index (χ1v) is 8.39. The van der Waals surface area contributed by atoms with Crippen molar-refractivity contribution >= 4 is 17.5 Å². The predicted molar refractivity (Wildman–Crippen MR) is 93.6 cm³/mol. The first-order chi connectivity index (χ1) is 11.2. The summed E-state index contributed by atoms with van der Waals surface area (Å²) in [5, 5.41) is 3.74. The molecule has 0 atom stereocenters. The van der Waals surface area contributed by atoms with Gasteiger partial charge in [-0.15, -0.1) is 0 Å². The van der Waals surface area contributed by atoms with E-state index in [1.165, 1.54) is 11.1 Å². The minimum atomic E-state index is 0.0893. The average Bonchev–Trinajstić information content (AvgIpc) is 2.55.